The summed E-state index contributed by atoms with van der Waals surface area (Å²) in [6, 6.07) is 0. The summed E-state index contributed by atoms with van der Waals surface area (Å²) in [5, 5.41) is 0. The Labute approximate surface area is 103 Å². The lowest BCUT2D eigenvalue weighted by atomic mass is 9.63. The summed E-state index contributed by atoms with van der Waals surface area (Å²) >= 11 is 0. The zero-order chi connectivity index (χ0) is 12.5. The quantitative estimate of drug-likeness (QED) is 0.692. The maximum Gasteiger partial charge on any atom is 0.309 e. The van der Waals surface area contributed by atoms with Crippen molar-refractivity contribution in [2.24, 2.45) is 17.3 Å². The van der Waals surface area contributed by atoms with E-state index in [1.165, 1.54) is 13.5 Å². The van der Waals surface area contributed by atoms with Crippen LogP contribution in [0.3, 0.4) is 0 Å². The van der Waals surface area contributed by atoms with Gasteiger partial charge in [-0.15, -0.1) is 0 Å². The fourth-order valence-electron chi connectivity index (χ4n) is 3.41. The van der Waals surface area contributed by atoms with Crippen molar-refractivity contribution in [3.63, 3.8) is 0 Å². The molecular formula is C13H23NO3. The monoisotopic (exact) mass is 241 g/mol. The van der Waals surface area contributed by atoms with Crippen molar-refractivity contribution in [2.75, 3.05) is 40.5 Å². The van der Waals surface area contributed by atoms with Gasteiger partial charge in [0.2, 0.25) is 0 Å². The minimum absolute atomic E-state index is 0.00208. The molecule has 0 aromatic heterocycles. The fraction of sp³-hybridized carbons (Fsp3) is 0.923. The molecule has 98 valence electrons. The number of esters is 1. The molecule has 0 aromatic carbocycles. The van der Waals surface area contributed by atoms with Crippen LogP contribution in [-0.4, -0.2) is 51.3 Å². The highest BCUT2D eigenvalue weighted by atomic mass is 16.5. The molecule has 4 nitrogen and oxygen atoms in total. The zero-order valence-corrected chi connectivity index (χ0v) is 11.1. The van der Waals surface area contributed by atoms with Crippen molar-refractivity contribution in [1.29, 1.82) is 0 Å². The molecule has 0 aromatic rings. The second-order valence-corrected chi connectivity index (χ2v) is 5.46. The lowest BCUT2D eigenvalue weighted by molar-refractivity contribution is -0.194. The Morgan fingerprint density at radius 3 is 2.65 bits per heavy atom. The third-order valence-electron chi connectivity index (χ3n) is 4.53. The molecular weight excluding hydrogens is 218 g/mol. The van der Waals surface area contributed by atoms with Gasteiger partial charge < -0.3 is 14.4 Å². The van der Waals surface area contributed by atoms with E-state index in [1.807, 2.05) is 0 Å². The van der Waals surface area contributed by atoms with E-state index in [0.717, 1.165) is 32.7 Å². The molecule has 0 aliphatic carbocycles. The summed E-state index contributed by atoms with van der Waals surface area (Å²) in [7, 11) is 3.63. The van der Waals surface area contributed by atoms with Gasteiger partial charge >= 0.3 is 5.97 Å². The van der Waals surface area contributed by atoms with E-state index in [0.29, 0.717) is 5.92 Å². The van der Waals surface area contributed by atoms with Gasteiger partial charge in [-0.2, -0.15) is 0 Å². The Hall–Kier alpha value is -0.610. The summed E-state index contributed by atoms with van der Waals surface area (Å²) in [5.74, 6) is 0.508. The number of rotatable bonds is 4. The molecule has 2 rings (SSSR count). The molecule has 0 spiro atoms. The van der Waals surface area contributed by atoms with Crippen LogP contribution >= 0.6 is 0 Å². The third-order valence-corrected chi connectivity index (χ3v) is 4.53. The van der Waals surface area contributed by atoms with Gasteiger partial charge in [0.15, 0.2) is 0 Å². The molecule has 0 amide bonds. The first kappa shape index (κ1) is 12.8. The molecule has 17 heavy (non-hydrogen) atoms. The topological polar surface area (TPSA) is 38.8 Å². The van der Waals surface area contributed by atoms with Crippen LogP contribution in [0.5, 0.6) is 0 Å². The maximum atomic E-state index is 11.9. The lowest BCUT2D eigenvalue weighted by Gasteiger charge is -2.49. The van der Waals surface area contributed by atoms with Gasteiger partial charge in [0.05, 0.1) is 26.2 Å². The van der Waals surface area contributed by atoms with Crippen LogP contribution in [0.25, 0.3) is 0 Å². The Balaban J connectivity index is 2.15. The van der Waals surface area contributed by atoms with Crippen LogP contribution in [0.15, 0.2) is 0 Å². The lowest BCUT2D eigenvalue weighted by Crippen LogP contribution is -2.56. The second kappa shape index (κ2) is 4.94. The molecule has 0 bridgehead atoms. The Kier molecular flexibility index (Phi) is 3.73. The van der Waals surface area contributed by atoms with E-state index in [4.69, 9.17) is 9.47 Å². The molecule has 0 radical (unpaired) electrons. The van der Waals surface area contributed by atoms with Crippen molar-refractivity contribution >= 4 is 5.97 Å². The standard InChI is InChI=1S/C13H23NO3/c1-4-11(12(15)16-3)13(8-17-9-13)10-5-6-14(2)7-10/h10-11H,4-9H2,1-3H3. The van der Waals surface area contributed by atoms with Gasteiger partial charge in [-0.1, -0.05) is 6.92 Å². The van der Waals surface area contributed by atoms with Crippen LogP contribution in [0.1, 0.15) is 19.8 Å². The molecule has 2 saturated heterocycles. The van der Waals surface area contributed by atoms with Crippen LogP contribution in [-0.2, 0) is 14.3 Å². The number of ether oxygens (including phenoxy) is 2. The first-order valence-corrected chi connectivity index (χ1v) is 6.48. The van der Waals surface area contributed by atoms with Crippen molar-refractivity contribution in [3.8, 4) is 0 Å². The third kappa shape index (κ3) is 2.08. The van der Waals surface area contributed by atoms with E-state index >= 15 is 0 Å². The average molecular weight is 241 g/mol. The van der Waals surface area contributed by atoms with Crippen LogP contribution in [0, 0.1) is 17.3 Å². The predicted molar refractivity (Wildman–Crippen MR) is 64.7 cm³/mol. The number of carbonyl (C=O) groups excluding carboxylic acids is 1. The van der Waals surface area contributed by atoms with Gasteiger partial charge in [-0.25, -0.2) is 0 Å². The van der Waals surface area contributed by atoms with Crippen molar-refractivity contribution in [2.45, 2.75) is 19.8 Å². The van der Waals surface area contributed by atoms with Crippen molar-refractivity contribution in [3.05, 3.63) is 0 Å². The highest BCUT2D eigenvalue weighted by Gasteiger charge is 2.54. The molecule has 2 fully saturated rings. The summed E-state index contributed by atoms with van der Waals surface area (Å²) < 4.78 is 10.4. The smallest absolute Gasteiger partial charge is 0.309 e. The summed E-state index contributed by atoms with van der Waals surface area (Å²) in [6.45, 7) is 5.72. The summed E-state index contributed by atoms with van der Waals surface area (Å²) in [4.78, 5) is 14.3. The van der Waals surface area contributed by atoms with E-state index in [2.05, 4.69) is 18.9 Å². The van der Waals surface area contributed by atoms with Gasteiger partial charge in [-0.05, 0) is 32.4 Å². The highest BCUT2D eigenvalue weighted by molar-refractivity contribution is 5.73. The number of nitrogens with zero attached hydrogens (tertiary/aromatic N) is 1. The first-order chi connectivity index (χ1) is 8.14. The molecule has 2 atom stereocenters. The number of hydrogen-bond donors (Lipinski definition) is 0. The predicted octanol–water partition coefficient (Wildman–Crippen LogP) is 1.15. The number of methoxy groups -OCH3 is 1. The number of carbonyl (C=O) groups is 1. The van der Waals surface area contributed by atoms with E-state index in [-0.39, 0.29) is 17.3 Å². The van der Waals surface area contributed by atoms with Gasteiger partial charge in [-0.3, -0.25) is 4.79 Å². The van der Waals surface area contributed by atoms with Crippen LogP contribution in [0.4, 0.5) is 0 Å². The first-order valence-electron chi connectivity index (χ1n) is 6.48. The molecule has 4 heteroatoms. The Morgan fingerprint density at radius 1 is 1.59 bits per heavy atom. The molecule has 0 N–H and O–H groups in total. The van der Waals surface area contributed by atoms with Gasteiger partial charge in [0.25, 0.3) is 0 Å². The van der Waals surface area contributed by atoms with Gasteiger partial charge in [0.1, 0.15) is 0 Å². The molecule has 2 aliphatic heterocycles. The molecule has 0 saturated carbocycles. The fourth-order valence-corrected chi connectivity index (χ4v) is 3.41. The SMILES string of the molecule is CCC(C(=O)OC)C1(C2CCN(C)C2)COC1. The van der Waals surface area contributed by atoms with E-state index in [1.54, 1.807) is 0 Å². The average Bonchev–Trinajstić information content (AvgIpc) is 2.69. The van der Waals surface area contributed by atoms with Gasteiger partial charge in [0, 0.05) is 12.0 Å². The number of hydrogen-bond acceptors (Lipinski definition) is 4. The zero-order valence-electron chi connectivity index (χ0n) is 11.1. The normalized spacial score (nSPS) is 29.7. The maximum absolute atomic E-state index is 11.9. The van der Waals surface area contributed by atoms with Crippen molar-refractivity contribution in [1.82, 2.24) is 4.90 Å². The minimum Gasteiger partial charge on any atom is -0.469 e. The van der Waals surface area contributed by atoms with E-state index in [9.17, 15) is 4.79 Å². The van der Waals surface area contributed by atoms with Crippen LogP contribution in [0.2, 0.25) is 0 Å². The summed E-state index contributed by atoms with van der Waals surface area (Å²) in [5.41, 5.74) is 0.0343. The number of likely N-dealkylation sites (tertiary alicyclic amines) is 1. The minimum atomic E-state index is -0.0645. The molecule has 2 unspecified atom stereocenters. The molecule has 2 heterocycles. The van der Waals surface area contributed by atoms with Crippen LogP contribution < -0.4 is 0 Å². The largest absolute Gasteiger partial charge is 0.469 e. The van der Waals surface area contributed by atoms with E-state index < -0.39 is 0 Å². The summed E-state index contributed by atoms with van der Waals surface area (Å²) in [6.07, 6.45) is 2.02. The molecule has 2 aliphatic rings. The Bertz CT molecular complexity index is 288. The van der Waals surface area contributed by atoms with Crippen molar-refractivity contribution < 1.29 is 14.3 Å². The highest BCUT2D eigenvalue weighted by Crippen LogP contribution is 2.48. The second-order valence-electron chi connectivity index (χ2n) is 5.46. The Morgan fingerprint density at radius 2 is 2.29 bits per heavy atom.